The Labute approximate surface area is 209 Å². The lowest BCUT2D eigenvalue weighted by Crippen LogP contribution is -2.58. The largest absolute Gasteiger partial charge is 0.481 e. The number of carboxylic acids is 3. The number of carbonyl (C=O) groups excluding carboxylic acids is 3. The summed E-state index contributed by atoms with van der Waals surface area (Å²) < 4.78 is 0. The predicted molar refractivity (Wildman–Crippen MR) is 125 cm³/mol. The lowest BCUT2D eigenvalue weighted by molar-refractivity contribution is -0.147. The van der Waals surface area contributed by atoms with E-state index in [0.717, 1.165) is 0 Å². The molecule has 1 aromatic carbocycles. The molecule has 4 unspecified atom stereocenters. The summed E-state index contributed by atoms with van der Waals surface area (Å²) in [5, 5.41) is 43.7. The number of nitrogens with two attached hydrogens (primary N) is 1. The number of aromatic nitrogens is 1. The maximum atomic E-state index is 13.0. The van der Waals surface area contributed by atoms with E-state index in [-0.39, 0.29) is 6.42 Å². The van der Waals surface area contributed by atoms with Crippen molar-refractivity contribution in [3.63, 3.8) is 0 Å². The molecule has 15 nitrogen and oxygen atoms in total. The van der Waals surface area contributed by atoms with Crippen molar-refractivity contribution in [1.82, 2.24) is 20.9 Å². The molecule has 37 heavy (non-hydrogen) atoms. The number of hydrogen-bond acceptors (Lipinski definition) is 8. The van der Waals surface area contributed by atoms with Crippen LogP contribution in [0, 0.1) is 0 Å². The van der Waals surface area contributed by atoms with E-state index in [4.69, 9.17) is 15.9 Å². The molecule has 1 heterocycles. The Morgan fingerprint density at radius 3 is 1.97 bits per heavy atom. The number of aromatic amines is 1. The Balaban J connectivity index is 2.27. The van der Waals surface area contributed by atoms with Gasteiger partial charge in [0.05, 0.1) is 25.5 Å². The average Bonchev–Trinajstić information content (AvgIpc) is 3.23. The number of carboxylic acid groups (broad SMARTS) is 3. The fourth-order valence-electron chi connectivity index (χ4n) is 3.40. The highest BCUT2D eigenvalue weighted by molar-refractivity contribution is 5.96. The molecule has 0 radical (unpaired) electrons. The van der Waals surface area contributed by atoms with Crippen LogP contribution in [-0.2, 0) is 35.2 Å². The quantitative estimate of drug-likeness (QED) is 0.126. The van der Waals surface area contributed by atoms with Gasteiger partial charge in [-0.2, -0.15) is 0 Å². The number of fused-ring (bicyclic) bond motifs is 1. The van der Waals surface area contributed by atoms with Crippen molar-refractivity contribution in [2.24, 2.45) is 5.73 Å². The molecule has 2 aromatic rings. The lowest BCUT2D eigenvalue weighted by Gasteiger charge is -2.24. The zero-order chi connectivity index (χ0) is 27.7. The first kappa shape index (κ1) is 28.7. The molecule has 1 aromatic heterocycles. The van der Waals surface area contributed by atoms with Gasteiger partial charge in [0.15, 0.2) is 0 Å². The van der Waals surface area contributed by atoms with E-state index in [2.05, 4.69) is 20.9 Å². The molecule has 4 atom stereocenters. The lowest BCUT2D eigenvalue weighted by atomic mass is 10.0. The van der Waals surface area contributed by atoms with Crippen LogP contribution < -0.4 is 21.7 Å². The Morgan fingerprint density at radius 1 is 0.811 bits per heavy atom. The Morgan fingerprint density at radius 2 is 1.38 bits per heavy atom. The minimum Gasteiger partial charge on any atom is -0.481 e. The molecule has 10 N–H and O–H groups in total. The van der Waals surface area contributed by atoms with Crippen LogP contribution in [0.15, 0.2) is 30.5 Å². The number of hydrogen-bond donors (Lipinski definition) is 9. The molecular formula is C22H27N5O10. The van der Waals surface area contributed by atoms with E-state index in [1.165, 1.54) is 0 Å². The van der Waals surface area contributed by atoms with Gasteiger partial charge in [-0.15, -0.1) is 0 Å². The van der Waals surface area contributed by atoms with Gasteiger partial charge in [0, 0.05) is 23.5 Å². The number of aliphatic hydroxyl groups excluding tert-OH is 1. The Hall–Kier alpha value is -4.50. The van der Waals surface area contributed by atoms with E-state index in [1.807, 2.05) is 0 Å². The molecule has 0 spiro atoms. The fourth-order valence-corrected chi connectivity index (χ4v) is 3.40. The van der Waals surface area contributed by atoms with Crippen molar-refractivity contribution in [2.75, 3.05) is 6.61 Å². The monoisotopic (exact) mass is 521 g/mol. The van der Waals surface area contributed by atoms with E-state index in [9.17, 15) is 39.0 Å². The van der Waals surface area contributed by atoms with Gasteiger partial charge in [-0.05, 0) is 11.6 Å². The number of H-pyrrole nitrogens is 1. The number of nitrogens with one attached hydrogen (secondary N) is 4. The minimum absolute atomic E-state index is 0.175. The SMILES string of the molecule is NC(CC(=O)O)C(=O)NC(CO)C(=O)NC(Cc1c[nH]c2ccccc12)C(=O)NC(CC(=O)O)C(=O)O. The van der Waals surface area contributed by atoms with Crippen LogP contribution in [0.2, 0.25) is 0 Å². The number of rotatable bonds is 14. The predicted octanol–water partition coefficient (Wildman–Crippen LogP) is -2.48. The maximum Gasteiger partial charge on any atom is 0.326 e. The first-order chi connectivity index (χ1) is 17.4. The fraction of sp³-hybridized carbons (Fsp3) is 0.364. The standard InChI is InChI=1S/C22H27N5O10/c23-12(6-17(29)30)19(33)27-16(9-28)21(35)25-14(20(34)26-15(22(36)37)7-18(31)32)5-10-8-24-13-4-2-1-3-11(10)13/h1-4,8,12,14-16,24,28H,5-7,9,23H2,(H,25,35)(H,26,34)(H,27,33)(H,29,30)(H,31,32)(H,36,37). The molecule has 15 heteroatoms. The number of para-hydroxylation sites is 1. The summed E-state index contributed by atoms with van der Waals surface area (Å²) in [6.45, 7) is -0.935. The number of aliphatic carboxylic acids is 3. The van der Waals surface area contributed by atoms with Gasteiger partial charge in [0.25, 0.3) is 0 Å². The van der Waals surface area contributed by atoms with E-state index >= 15 is 0 Å². The summed E-state index contributed by atoms with van der Waals surface area (Å²) in [7, 11) is 0. The van der Waals surface area contributed by atoms with Gasteiger partial charge in [-0.3, -0.25) is 24.0 Å². The van der Waals surface area contributed by atoms with Crippen molar-refractivity contribution in [3.8, 4) is 0 Å². The molecule has 0 fully saturated rings. The van der Waals surface area contributed by atoms with Gasteiger partial charge in [-0.1, -0.05) is 18.2 Å². The molecule has 0 aliphatic heterocycles. The normalized spacial score (nSPS) is 14.1. The number of amides is 3. The van der Waals surface area contributed by atoms with Crippen molar-refractivity contribution in [2.45, 2.75) is 43.4 Å². The second-order valence-corrected chi connectivity index (χ2v) is 8.07. The van der Waals surface area contributed by atoms with Crippen molar-refractivity contribution in [3.05, 3.63) is 36.0 Å². The van der Waals surface area contributed by atoms with Crippen LogP contribution in [0.3, 0.4) is 0 Å². The van der Waals surface area contributed by atoms with Gasteiger partial charge < -0.3 is 47.1 Å². The van der Waals surface area contributed by atoms with Gasteiger partial charge >= 0.3 is 17.9 Å². The van der Waals surface area contributed by atoms with Crippen molar-refractivity contribution < 1.29 is 49.2 Å². The highest BCUT2D eigenvalue weighted by Crippen LogP contribution is 2.19. The third kappa shape index (κ3) is 8.29. The highest BCUT2D eigenvalue weighted by Gasteiger charge is 2.31. The van der Waals surface area contributed by atoms with Crippen LogP contribution in [0.4, 0.5) is 0 Å². The molecule has 0 saturated heterocycles. The summed E-state index contributed by atoms with van der Waals surface area (Å²) in [6.07, 6.45) is -0.270. The maximum absolute atomic E-state index is 13.0. The molecule has 3 amide bonds. The van der Waals surface area contributed by atoms with Crippen LogP contribution in [-0.4, -0.2) is 91.8 Å². The zero-order valence-electron chi connectivity index (χ0n) is 19.3. The first-order valence-electron chi connectivity index (χ1n) is 10.9. The second-order valence-electron chi connectivity index (χ2n) is 8.07. The second kappa shape index (κ2) is 13.0. The Bertz CT molecular complexity index is 1180. The van der Waals surface area contributed by atoms with Crippen LogP contribution in [0.25, 0.3) is 10.9 Å². The van der Waals surface area contributed by atoms with Crippen LogP contribution in [0.5, 0.6) is 0 Å². The third-order valence-electron chi connectivity index (χ3n) is 5.27. The summed E-state index contributed by atoms with van der Waals surface area (Å²) in [4.78, 5) is 74.0. The summed E-state index contributed by atoms with van der Waals surface area (Å²) >= 11 is 0. The smallest absolute Gasteiger partial charge is 0.326 e. The van der Waals surface area contributed by atoms with Crippen molar-refractivity contribution in [1.29, 1.82) is 0 Å². The molecule has 200 valence electrons. The zero-order valence-corrected chi connectivity index (χ0v) is 19.3. The van der Waals surface area contributed by atoms with Crippen molar-refractivity contribution >= 4 is 46.5 Å². The van der Waals surface area contributed by atoms with Gasteiger partial charge in [-0.25, -0.2) is 4.79 Å². The van der Waals surface area contributed by atoms with E-state index < -0.39 is 79.2 Å². The minimum atomic E-state index is -1.80. The Kier molecular flexibility index (Phi) is 10.1. The third-order valence-corrected chi connectivity index (χ3v) is 5.27. The number of benzene rings is 1. The summed E-state index contributed by atoms with van der Waals surface area (Å²) in [5.74, 6) is -7.58. The average molecular weight is 521 g/mol. The molecule has 0 aliphatic rings. The summed E-state index contributed by atoms with van der Waals surface area (Å²) in [5.41, 5.74) is 6.72. The summed E-state index contributed by atoms with van der Waals surface area (Å²) in [6, 6.07) is 0.605. The highest BCUT2D eigenvalue weighted by atomic mass is 16.4. The topological polar surface area (TPSA) is 261 Å². The molecule has 0 saturated carbocycles. The first-order valence-corrected chi connectivity index (χ1v) is 10.9. The van der Waals surface area contributed by atoms with Gasteiger partial charge in [0.1, 0.15) is 18.1 Å². The van der Waals surface area contributed by atoms with Crippen LogP contribution >= 0.6 is 0 Å². The van der Waals surface area contributed by atoms with Gasteiger partial charge in [0.2, 0.25) is 17.7 Å². The van der Waals surface area contributed by atoms with E-state index in [0.29, 0.717) is 16.5 Å². The molecule has 2 rings (SSSR count). The van der Waals surface area contributed by atoms with Crippen LogP contribution in [0.1, 0.15) is 18.4 Å². The molecule has 0 bridgehead atoms. The number of aliphatic hydroxyl groups is 1. The molecule has 0 aliphatic carbocycles. The van der Waals surface area contributed by atoms with E-state index in [1.54, 1.807) is 30.5 Å². The molecular weight excluding hydrogens is 494 g/mol. The number of carbonyl (C=O) groups is 6.